The van der Waals surface area contributed by atoms with E-state index in [0.29, 0.717) is 36.1 Å². The van der Waals surface area contributed by atoms with E-state index in [1.54, 1.807) is 30.5 Å². The van der Waals surface area contributed by atoms with Gasteiger partial charge in [0.1, 0.15) is 18.9 Å². The van der Waals surface area contributed by atoms with Gasteiger partial charge in [0.25, 0.3) is 5.91 Å². The zero-order chi connectivity index (χ0) is 18.6. The summed E-state index contributed by atoms with van der Waals surface area (Å²) in [6, 6.07) is 16.9. The number of carbonyl (C=O) groups is 1. The highest BCUT2D eigenvalue weighted by Gasteiger charge is 2.14. The molecule has 136 valence electrons. The maximum atomic E-state index is 12.6. The summed E-state index contributed by atoms with van der Waals surface area (Å²) in [5.41, 5.74) is 3.88. The van der Waals surface area contributed by atoms with Crippen LogP contribution < -0.4 is 20.1 Å². The largest absolute Gasteiger partial charge is 0.486 e. The molecule has 2 aromatic carbocycles. The summed E-state index contributed by atoms with van der Waals surface area (Å²) in [4.78, 5) is 16.7. The van der Waals surface area contributed by atoms with Crippen LogP contribution in [0.25, 0.3) is 0 Å². The molecular weight excluding hydrogens is 342 g/mol. The van der Waals surface area contributed by atoms with E-state index >= 15 is 0 Å². The number of aromatic nitrogens is 1. The number of hydrogen-bond donors (Lipinski definition) is 2. The molecule has 1 amide bonds. The summed E-state index contributed by atoms with van der Waals surface area (Å²) in [5.74, 6) is 1.02. The quantitative estimate of drug-likeness (QED) is 0.730. The van der Waals surface area contributed by atoms with Crippen LogP contribution in [0, 0.1) is 6.92 Å². The minimum Gasteiger partial charge on any atom is -0.486 e. The zero-order valence-corrected chi connectivity index (χ0v) is 14.9. The summed E-state index contributed by atoms with van der Waals surface area (Å²) in [5, 5.41) is 6.12. The Morgan fingerprint density at radius 1 is 0.889 bits per heavy atom. The van der Waals surface area contributed by atoms with Crippen molar-refractivity contribution >= 4 is 23.0 Å². The normalized spacial score (nSPS) is 12.3. The number of benzene rings is 2. The number of carbonyl (C=O) groups excluding carboxylic acids is 1. The third kappa shape index (κ3) is 4.00. The predicted molar refractivity (Wildman–Crippen MR) is 104 cm³/mol. The minimum atomic E-state index is -0.292. The lowest BCUT2D eigenvalue weighted by atomic mass is 10.2. The SMILES string of the molecule is Cc1ccc(Nc2ccnc(C(=O)Nc3ccc4c(c3)OCCO4)c2)cc1. The van der Waals surface area contributed by atoms with E-state index in [1.807, 2.05) is 37.3 Å². The molecule has 2 N–H and O–H groups in total. The number of nitrogens with one attached hydrogen (secondary N) is 2. The van der Waals surface area contributed by atoms with Crippen LogP contribution in [0.5, 0.6) is 11.5 Å². The lowest BCUT2D eigenvalue weighted by molar-refractivity contribution is 0.102. The Labute approximate surface area is 157 Å². The standard InChI is InChI=1S/C21H19N3O3/c1-14-2-4-15(5-3-14)23-17-8-9-22-18(12-17)21(25)24-16-6-7-19-20(13-16)27-11-10-26-19/h2-9,12-13H,10-11H2,1H3,(H,22,23)(H,24,25). The van der Waals surface area contributed by atoms with E-state index in [-0.39, 0.29) is 5.91 Å². The van der Waals surface area contributed by atoms with Gasteiger partial charge in [0.2, 0.25) is 0 Å². The third-order valence-electron chi connectivity index (χ3n) is 4.13. The van der Waals surface area contributed by atoms with Crippen molar-refractivity contribution in [2.75, 3.05) is 23.8 Å². The van der Waals surface area contributed by atoms with Gasteiger partial charge in [-0.05, 0) is 43.3 Å². The lowest BCUT2D eigenvalue weighted by Crippen LogP contribution is -2.17. The number of pyridine rings is 1. The summed E-state index contributed by atoms with van der Waals surface area (Å²) in [6.07, 6.45) is 1.61. The molecule has 2 heterocycles. The van der Waals surface area contributed by atoms with Gasteiger partial charge in [-0.3, -0.25) is 9.78 Å². The van der Waals surface area contributed by atoms with Gasteiger partial charge in [0, 0.05) is 29.3 Å². The molecule has 0 saturated heterocycles. The minimum absolute atomic E-state index is 0.292. The Hall–Kier alpha value is -3.54. The Bertz CT molecular complexity index is 971. The first-order chi connectivity index (χ1) is 13.2. The number of nitrogens with zero attached hydrogens (tertiary/aromatic N) is 1. The first kappa shape index (κ1) is 16.9. The van der Waals surface area contributed by atoms with Crippen LogP contribution in [-0.2, 0) is 0 Å². The number of amides is 1. The molecule has 1 aromatic heterocycles. The van der Waals surface area contributed by atoms with Gasteiger partial charge in [-0.1, -0.05) is 17.7 Å². The van der Waals surface area contributed by atoms with E-state index < -0.39 is 0 Å². The van der Waals surface area contributed by atoms with E-state index in [0.717, 1.165) is 11.4 Å². The second-order valence-electron chi connectivity index (χ2n) is 6.23. The molecule has 1 aliphatic rings. The molecule has 0 bridgehead atoms. The van der Waals surface area contributed by atoms with Crippen LogP contribution in [0.15, 0.2) is 60.8 Å². The van der Waals surface area contributed by atoms with Crippen molar-refractivity contribution in [2.24, 2.45) is 0 Å². The number of ether oxygens (including phenoxy) is 2. The van der Waals surface area contributed by atoms with Crippen molar-refractivity contribution in [1.82, 2.24) is 4.98 Å². The molecular formula is C21H19N3O3. The molecule has 27 heavy (non-hydrogen) atoms. The van der Waals surface area contributed by atoms with Crippen LogP contribution in [-0.4, -0.2) is 24.1 Å². The van der Waals surface area contributed by atoms with Crippen LogP contribution in [0.3, 0.4) is 0 Å². The second kappa shape index (κ2) is 7.37. The zero-order valence-electron chi connectivity index (χ0n) is 14.9. The van der Waals surface area contributed by atoms with Crippen molar-refractivity contribution in [2.45, 2.75) is 6.92 Å². The van der Waals surface area contributed by atoms with Crippen LogP contribution in [0.2, 0.25) is 0 Å². The van der Waals surface area contributed by atoms with Gasteiger partial charge in [-0.2, -0.15) is 0 Å². The average Bonchev–Trinajstić information content (AvgIpc) is 2.70. The van der Waals surface area contributed by atoms with E-state index in [4.69, 9.17) is 9.47 Å². The molecule has 1 aliphatic heterocycles. The number of anilines is 3. The first-order valence-corrected chi connectivity index (χ1v) is 8.68. The predicted octanol–water partition coefficient (Wildman–Crippen LogP) is 4.16. The van der Waals surface area contributed by atoms with Crippen LogP contribution in [0.4, 0.5) is 17.1 Å². The average molecular weight is 361 g/mol. The molecule has 6 heteroatoms. The van der Waals surface area contributed by atoms with Gasteiger partial charge in [-0.15, -0.1) is 0 Å². The van der Waals surface area contributed by atoms with E-state index in [2.05, 4.69) is 15.6 Å². The molecule has 6 nitrogen and oxygen atoms in total. The molecule has 0 radical (unpaired) electrons. The summed E-state index contributed by atoms with van der Waals surface area (Å²) in [7, 11) is 0. The highest BCUT2D eigenvalue weighted by atomic mass is 16.6. The Morgan fingerprint density at radius 3 is 2.44 bits per heavy atom. The highest BCUT2D eigenvalue weighted by Crippen LogP contribution is 2.32. The van der Waals surface area contributed by atoms with Crippen molar-refractivity contribution in [3.05, 3.63) is 72.1 Å². The number of rotatable bonds is 4. The molecule has 0 unspecified atom stereocenters. The van der Waals surface area contributed by atoms with Crippen molar-refractivity contribution in [3.8, 4) is 11.5 Å². The molecule has 0 aliphatic carbocycles. The maximum Gasteiger partial charge on any atom is 0.274 e. The fourth-order valence-electron chi connectivity index (χ4n) is 2.75. The molecule has 0 atom stereocenters. The Morgan fingerprint density at radius 2 is 1.63 bits per heavy atom. The first-order valence-electron chi connectivity index (χ1n) is 8.68. The van der Waals surface area contributed by atoms with Gasteiger partial charge in [-0.25, -0.2) is 0 Å². The second-order valence-corrected chi connectivity index (χ2v) is 6.23. The number of hydrogen-bond acceptors (Lipinski definition) is 5. The van der Waals surface area contributed by atoms with Gasteiger partial charge >= 0.3 is 0 Å². The third-order valence-corrected chi connectivity index (χ3v) is 4.13. The van der Waals surface area contributed by atoms with Crippen molar-refractivity contribution < 1.29 is 14.3 Å². The van der Waals surface area contributed by atoms with E-state index in [9.17, 15) is 4.79 Å². The lowest BCUT2D eigenvalue weighted by Gasteiger charge is -2.19. The van der Waals surface area contributed by atoms with Gasteiger partial charge < -0.3 is 20.1 Å². The maximum absolute atomic E-state index is 12.6. The molecule has 4 rings (SSSR count). The van der Waals surface area contributed by atoms with E-state index in [1.165, 1.54) is 5.56 Å². The van der Waals surface area contributed by atoms with Crippen LogP contribution >= 0.6 is 0 Å². The van der Waals surface area contributed by atoms with Crippen molar-refractivity contribution in [1.29, 1.82) is 0 Å². The van der Waals surface area contributed by atoms with Crippen molar-refractivity contribution in [3.63, 3.8) is 0 Å². The Kier molecular flexibility index (Phi) is 4.61. The molecule has 0 fully saturated rings. The molecule has 0 spiro atoms. The fourth-order valence-corrected chi connectivity index (χ4v) is 2.75. The smallest absolute Gasteiger partial charge is 0.274 e. The molecule has 0 saturated carbocycles. The fraction of sp³-hybridized carbons (Fsp3) is 0.143. The van der Waals surface area contributed by atoms with Crippen LogP contribution in [0.1, 0.15) is 16.1 Å². The van der Waals surface area contributed by atoms with Gasteiger partial charge in [0.05, 0.1) is 0 Å². The summed E-state index contributed by atoms with van der Waals surface area (Å²) < 4.78 is 11.0. The summed E-state index contributed by atoms with van der Waals surface area (Å²) >= 11 is 0. The summed E-state index contributed by atoms with van der Waals surface area (Å²) in [6.45, 7) is 3.07. The van der Waals surface area contributed by atoms with Gasteiger partial charge in [0.15, 0.2) is 11.5 Å². The number of aryl methyl sites for hydroxylation is 1. The monoisotopic (exact) mass is 361 g/mol. The topological polar surface area (TPSA) is 72.5 Å². The number of fused-ring (bicyclic) bond motifs is 1. The Balaban J connectivity index is 1.48. The molecule has 3 aromatic rings. The highest BCUT2D eigenvalue weighted by molar-refractivity contribution is 6.03.